The first-order valence-electron chi connectivity index (χ1n) is 9.83. The van der Waals surface area contributed by atoms with Gasteiger partial charge >= 0.3 is 11.8 Å². The maximum absolute atomic E-state index is 12.0. The molecule has 3 amide bonds. The van der Waals surface area contributed by atoms with E-state index < -0.39 is 11.8 Å². The van der Waals surface area contributed by atoms with Crippen LogP contribution in [0.2, 0.25) is 5.02 Å². The van der Waals surface area contributed by atoms with Gasteiger partial charge in [-0.1, -0.05) is 17.7 Å². The zero-order chi connectivity index (χ0) is 22.2. The molecule has 0 spiro atoms. The van der Waals surface area contributed by atoms with Gasteiger partial charge in [0.2, 0.25) is 0 Å². The van der Waals surface area contributed by atoms with Crippen molar-refractivity contribution in [1.29, 1.82) is 0 Å². The lowest BCUT2D eigenvalue weighted by Crippen LogP contribution is -2.32. The maximum atomic E-state index is 12.0. The molecule has 1 aliphatic rings. The fraction of sp³-hybridized carbons (Fsp3) is 0.273. The Morgan fingerprint density at radius 1 is 1.10 bits per heavy atom. The Hall–Kier alpha value is -3.39. The van der Waals surface area contributed by atoms with Gasteiger partial charge in [-0.25, -0.2) is 5.43 Å². The molecule has 1 heterocycles. The van der Waals surface area contributed by atoms with Crippen LogP contribution in [0.4, 0.5) is 5.69 Å². The van der Waals surface area contributed by atoms with Gasteiger partial charge in [-0.2, -0.15) is 5.10 Å². The Morgan fingerprint density at radius 2 is 1.81 bits per heavy atom. The molecule has 0 atom stereocenters. The molecule has 0 aliphatic carbocycles. The molecule has 1 aliphatic heterocycles. The molecule has 0 unspecified atom stereocenters. The third-order valence-corrected chi connectivity index (χ3v) is 5.12. The third kappa shape index (κ3) is 6.55. The van der Waals surface area contributed by atoms with E-state index in [0.29, 0.717) is 22.0 Å². The van der Waals surface area contributed by atoms with Gasteiger partial charge in [0.25, 0.3) is 5.91 Å². The average Bonchev–Trinajstić information content (AvgIpc) is 3.30. The van der Waals surface area contributed by atoms with Crippen LogP contribution in [0.25, 0.3) is 0 Å². The summed E-state index contributed by atoms with van der Waals surface area (Å²) in [4.78, 5) is 37.6. The zero-order valence-corrected chi connectivity index (χ0v) is 17.8. The second-order valence-electron chi connectivity index (χ2n) is 7.06. The number of amides is 3. The number of hydrazone groups is 1. The molecule has 2 aromatic carbocycles. The van der Waals surface area contributed by atoms with Crippen LogP contribution in [0.15, 0.2) is 47.6 Å². The number of carbonyl (C=O) groups is 3. The summed E-state index contributed by atoms with van der Waals surface area (Å²) in [6.45, 7) is 3.42. The number of anilines is 1. The number of likely N-dealkylation sites (tertiary alicyclic amines) is 1. The van der Waals surface area contributed by atoms with E-state index in [1.165, 1.54) is 6.21 Å². The number of nitrogens with zero attached hydrogens (tertiary/aromatic N) is 2. The molecule has 31 heavy (non-hydrogen) atoms. The van der Waals surface area contributed by atoms with E-state index in [2.05, 4.69) is 15.8 Å². The topological polar surface area (TPSA) is 100 Å². The highest BCUT2D eigenvalue weighted by Gasteiger charge is 2.18. The number of rotatable bonds is 6. The van der Waals surface area contributed by atoms with Crippen molar-refractivity contribution >= 4 is 41.2 Å². The predicted molar refractivity (Wildman–Crippen MR) is 118 cm³/mol. The Kier molecular flexibility index (Phi) is 7.61. The first-order chi connectivity index (χ1) is 14.9. The van der Waals surface area contributed by atoms with Crippen molar-refractivity contribution < 1.29 is 19.1 Å². The molecule has 0 bridgehead atoms. The van der Waals surface area contributed by atoms with E-state index in [9.17, 15) is 14.4 Å². The van der Waals surface area contributed by atoms with Gasteiger partial charge in [-0.15, -0.1) is 0 Å². The van der Waals surface area contributed by atoms with Crippen molar-refractivity contribution in [3.05, 3.63) is 58.6 Å². The zero-order valence-electron chi connectivity index (χ0n) is 17.1. The van der Waals surface area contributed by atoms with E-state index >= 15 is 0 Å². The molecule has 3 rings (SSSR count). The highest BCUT2D eigenvalue weighted by Crippen LogP contribution is 2.19. The number of hydrogen-bond donors (Lipinski definition) is 2. The lowest BCUT2D eigenvalue weighted by Gasteiger charge is -2.15. The van der Waals surface area contributed by atoms with E-state index in [1.807, 2.05) is 6.92 Å². The van der Waals surface area contributed by atoms with E-state index in [4.69, 9.17) is 16.3 Å². The Labute approximate surface area is 185 Å². The summed E-state index contributed by atoms with van der Waals surface area (Å²) in [6.07, 6.45) is 3.48. The molecule has 2 aromatic rings. The van der Waals surface area contributed by atoms with Gasteiger partial charge in [-0.3, -0.25) is 14.4 Å². The first kappa shape index (κ1) is 22.3. The van der Waals surface area contributed by atoms with E-state index in [1.54, 1.807) is 47.4 Å². The molecule has 0 saturated carbocycles. The summed E-state index contributed by atoms with van der Waals surface area (Å²) in [5.41, 5.74) is 4.13. The van der Waals surface area contributed by atoms with Gasteiger partial charge in [0.05, 0.1) is 6.21 Å². The van der Waals surface area contributed by atoms with Crippen LogP contribution in [0.3, 0.4) is 0 Å². The van der Waals surface area contributed by atoms with Crippen LogP contribution in [-0.4, -0.2) is 48.5 Å². The van der Waals surface area contributed by atoms with Crippen LogP contribution in [-0.2, 0) is 14.4 Å². The Morgan fingerprint density at radius 3 is 2.48 bits per heavy atom. The highest BCUT2D eigenvalue weighted by molar-refractivity contribution is 6.39. The molecule has 2 N–H and O–H groups in total. The van der Waals surface area contributed by atoms with Crippen LogP contribution in [0, 0.1) is 6.92 Å². The number of benzene rings is 2. The minimum atomic E-state index is -0.909. The number of carbonyl (C=O) groups excluding carboxylic acids is 3. The highest BCUT2D eigenvalue weighted by atomic mass is 35.5. The second kappa shape index (κ2) is 10.6. The van der Waals surface area contributed by atoms with Crippen molar-refractivity contribution in [3.8, 4) is 5.75 Å². The molecule has 1 fully saturated rings. The molecule has 8 nitrogen and oxygen atoms in total. The van der Waals surface area contributed by atoms with Crippen molar-refractivity contribution in [2.45, 2.75) is 19.8 Å². The van der Waals surface area contributed by atoms with Crippen LogP contribution >= 0.6 is 11.6 Å². The monoisotopic (exact) mass is 442 g/mol. The number of aryl methyl sites for hydroxylation is 1. The van der Waals surface area contributed by atoms with Gasteiger partial charge in [0, 0.05) is 23.8 Å². The van der Waals surface area contributed by atoms with Crippen LogP contribution in [0.5, 0.6) is 5.75 Å². The van der Waals surface area contributed by atoms with E-state index in [0.717, 1.165) is 31.5 Å². The number of hydrogen-bond acceptors (Lipinski definition) is 5. The third-order valence-electron chi connectivity index (χ3n) is 4.72. The molecule has 9 heteroatoms. The summed E-state index contributed by atoms with van der Waals surface area (Å²) < 4.78 is 5.51. The Bertz CT molecular complexity index is 986. The minimum absolute atomic E-state index is 0.00476. The van der Waals surface area contributed by atoms with Crippen molar-refractivity contribution in [3.63, 3.8) is 0 Å². The summed E-state index contributed by atoms with van der Waals surface area (Å²) in [6, 6.07) is 11.8. The van der Waals surface area contributed by atoms with Gasteiger partial charge in [0.1, 0.15) is 5.75 Å². The summed E-state index contributed by atoms with van der Waals surface area (Å²) >= 11 is 6.00. The van der Waals surface area contributed by atoms with Crippen molar-refractivity contribution in [2.24, 2.45) is 5.10 Å². The largest absolute Gasteiger partial charge is 0.484 e. The van der Waals surface area contributed by atoms with Gasteiger partial charge < -0.3 is 15.0 Å². The van der Waals surface area contributed by atoms with Crippen molar-refractivity contribution in [1.82, 2.24) is 10.3 Å². The fourth-order valence-electron chi connectivity index (χ4n) is 2.93. The number of halogens is 1. The molecule has 162 valence electrons. The number of ether oxygens (including phenoxy) is 1. The summed E-state index contributed by atoms with van der Waals surface area (Å²) in [5.74, 6) is -1.22. The number of nitrogens with one attached hydrogen (secondary N) is 2. The standard InChI is InChI=1S/C22H23ClN4O4/c1-15-4-7-17(12-19(15)23)25-21(29)22(30)26-24-13-16-5-8-18(9-6-16)31-14-20(28)27-10-2-3-11-27/h4-9,12-13H,2-3,10-11,14H2,1H3,(H,25,29)(H,26,30)/b24-13-. The van der Waals surface area contributed by atoms with Crippen LogP contribution < -0.4 is 15.5 Å². The fourth-order valence-corrected chi connectivity index (χ4v) is 3.11. The summed E-state index contributed by atoms with van der Waals surface area (Å²) in [5, 5.41) is 6.72. The average molecular weight is 443 g/mol. The minimum Gasteiger partial charge on any atom is -0.484 e. The van der Waals surface area contributed by atoms with Gasteiger partial charge in [-0.05, 0) is 67.3 Å². The molecular weight excluding hydrogens is 420 g/mol. The molecular formula is C22H23ClN4O4. The quantitative estimate of drug-likeness (QED) is 0.408. The molecule has 0 aromatic heterocycles. The smallest absolute Gasteiger partial charge is 0.329 e. The lowest BCUT2D eigenvalue weighted by molar-refractivity contribution is -0.136. The molecule has 1 saturated heterocycles. The van der Waals surface area contributed by atoms with E-state index in [-0.39, 0.29) is 12.5 Å². The normalized spacial score (nSPS) is 13.3. The maximum Gasteiger partial charge on any atom is 0.329 e. The lowest BCUT2D eigenvalue weighted by atomic mass is 10.2. The summed E-state index contributed by atoms with van der Waals surface area (Å²) in [7, 11) is 0. The predicted octanol–water partition coefficient (Wildman–Crippen LogP) is 2.74. The SMILES string of the molecule is Cc1ccc(NC(=O)C(=O)N/N=C\c2ccc(OCC(=O)N3CCCC3)cc2)cc1Cl. The molecule has 0 radical (unpaired) electrons. The second-order valence-corrected chi connectivity index (χ2v) is 7.47. The van der Waals surface area contributed by atoms with Crippen molar-refractivity contribution in [2.75, 3.05) is 25.0 Å². The Balaban J connectivity index is 1.44. The van der Waals surface area contributed by atoms with Gasteiger partial charge in [0.15, 0.2) is 6.61 Å². The first-order valence-corrected chi connectivity index (χ1v) is 10.2. The van der Waals surface area contributed by atoms with Crippen LogP contribution in [0.1, 0.15) is 24.0 Å².